The van der Waals surface area contributed by atoms with Crippen molar-refractivity contribution in [3.05, 3.63) is 0 Å². The van der Waals surface area contributed by atoms with Gasteiger partial charge in [0.25, 0.3) is 0 Å². The maximum atomic E-state index is 10.6. The van der Waals surface area contributed by atoms with E-state index in [0.717, 1.165) is 31.8 Å². The number of carbonyl (C=O) groups is 1. The fourth-order valence-corrected chi connectivity index (χ4v) is 3.15. The van der Waals surface area contributed by atoms with Gasteiger partial charge in [-0.1, -0.05) is 6.42 Å². The molecule has 0 saturated carbocycles. The minimum atomic E-state index is 0.347. The number of fused-ring (bicyclic) bond motifs is 1. The number of hydrogen-bond donors (Lipinski definition) is 2. The van der Waals surface area contributed by atoms with Crippen LogP contribution in [0.3, 0.4) is 0 Å². The minimum absolute atomic E-state index is 0.347. The Kier molecular flexibility index (Phi) is 4.29. The highest BCUT2D eigenvalue weighted by Crippen LogP contribution is 2.34. The van der Waals surface area contributed by atoms with Crippen molar-refractivity contribution >= 4 is 17.7 Å². The van der Waals surface area contributed by atoms with Gasteiger partial charge >= 0.3 is 0 Å². The second-order valence-electron chi connectivity index (χ2n) is 4.03. The van der Waals surface area contributed by atoms with Gasteiger partial charge < -0.3 is 4.90 Å². The minimum Gasteiger partial charge on any atom is -0.329 e. The summed E-state index contributed by atoms with van der Waals surface area (Å²) in [6.45, 7) is 3.27. The first kappa shape index (κ1) is 11.2. The van der Waals surface area contributed by atoms with Crippen molar-refractivity contribution in [2.24, 2.45) is 0 Å². The first-order valence-corrected chi connectivity index (χ1v) is 6.79. The number of amides is 1. The molecule has 1 amide bonds. The molecule has 2 N–H and O–H groups in total. The van der Waals surface area contributed by atoms with E-state index in [1.54, 1.807) is 0 Å². The van der Waals surface area contributed by atoms with Crippen LogP contribution in [0.2, 0.25) is 0 Å². The van der Waals surface area contributed by atoms with Crippen molar-refractivity contribution < 1.29 is 4.79 Å². The van der Waals surface area contributed by atoms with E-state index in [4.69, 9.17) is 0 Å². The molecule has 3 rings (SSSR count). The SMILES string of the molecule is C1CCNNCC1.O=C1C[C@H]2SCCN12. The number of thioether (sulfide) groups is 1. The van der Waals surface area contributed by atoms with E-state index in [1.165, 1.54) is 19.3 Å². The summed E-state index contributed by atoms with van der Waals surface area (Å²) in [5.74, 6) is 1.50. The fourth-order valence-electron chi connectivity index (χ4n) is 1.91. The fraction of sp³-hybridized carbons (Fsp3) is 0.900. The quantitative estimate of drug-likeness (QED) is 0.596. The van der Waals surface area contributed by atoms with E-state index in [2.05, 4.69) is 10.9 Å². The van der Waals surface area contributed by atoms with Crippen LogP contribution in [-0.4, -0.2) is 41.6 Å². The summed E-state index contributed by atoms with van der Waals surface area (Å²) in [5.41, 5.74) is 6.19. The maximum absolute atomic E-state index is 10.6. The Hall–Kier alpha value is -0.260. The molecule has 0 radical (unpaired) electrons. The van der Waals surface area contributed by atoms with Gasteiger partial charge in [0.15, 0.2) is 0 Å². The lowest BCUT2D eigenvalue weighted by atomic mass is 10.2. The largest absolute Gasteiger partial charge is 0.329 e. The van der Waals surface area contributed by atoms with Gasteiger partial charge in [0.2, 0.25) is 5.91 Å². The molecule has 0 aromatic heterocycles. The van der Waals surface area contributed by atoms with Crippen LogP contribution in [0.25, 0.3) is 0 Å². The smallest absolute Gasteiger partial charge is 0.226 e. The Morgan fingerprint density at radius 1 is 1.20 bits per heavy atom. The number of carbonyl (C=O) groups excluding carboxylic acids is 1. The molecular formula is C10H19N3OS. The second kappa shape index (κ2) is 5.72. The molecule has 5 heteroatoms. The lowest BCUT2D eigenvalue weighted by Gasteiger charge is -2.32. The Morgan fingerprint density at radius 2 is 1.93 bits per heavy atom. The molecule has 1 atom stereocenters. The Morgan fingerprint density at radius 3 is 2.47 bits per heavy atom. The number of rotatable bonds is 0. The molecule has 3 aliphatic rings. The molecule has 0 unspecified atom stereocenters. The van der Waals surface area contributed by atoms with Crippen LogP contribution < -0.4 is 10.9 Å². The lowest BCUT2D eigenvalue weighted by Crippen LogP contribution is -2.46. The number of hydrogen-bond acceptors (Lipinski definition) is 4. The van der Waals surface area contributed by atoms with Crippen molar-refractivity contribution in [2.45, 2.75) is 31.1 Å². The first-order chi connectivity index (χ1) is 7.38. The molecule has 3 fully saturated rings. The number of β-lactam (4-membered cyclic amide) rings is 1. The van der Waals surface area contributed by atoms with E-state index < -0.39 is 0 Å². The average Bonchev–Trinajstić information content (AvgIpc) is 2.46. The molecule has 3 aliphatic heterocycles. The van der Waals surface area contributed by atoms with Crippen molar-refractivity contribution in [3.8, 4) is 0 Å². The third-order valence-corrected chi connectivity index (χ3v) is 4.11. The molecule has 0 aliphatic carbocycles. The molecule has 0 spiro atoms. The lowest BCUT2D eigenvalue weighted by molar-refractivity contribution is -0.140. The van der Waals surface area contributed by atoms with Gasteiger partial charge in [0.1, 0.15) is 0 Å². The second-order valence-corrected chi connectivity index (χ2v) is 5.32. The van der Waals surface area contributed by atoms with E-state index in [0.29, 0.717) is 11.3 Å². The zero-order chi connectivity index (χ0) is 10.5. The summed E-state index contributed by atoms with van der Waals surface area (Å²) in [7, 11) is 0. The van der Waals surface area contributed by atoms with Crippen LogP contribution in [0.1, 0.15) is 25.7 Å². The molecule has 15 heavy (non-hydrogen) atoms. The molecule has 3 heterocycles. The van der Waals surface area contributed by atoms with E-state index in [-0.39, 0.29) is 0 Å². The van der Waals surface area contributed by atoms with Crippen molar-refractivity contribution in [3.63, 3.8) is 0 Å². The maximum Gasteiger partial charge on any atom is 0.226 e. The van der Waals surface area contributed by atoms with Crippen molar-refractivity contribution in [2.75, 3.05) is 25.4 Å². The monoisotopic (exact) mass is 229 g/mol. The molecule has 0 aromatic rings. The zero-order valence-corrected chi connectivity index (χ0v) is 9.81. The summed E-state index contributed by atoms with van der Waals surface area (Å²) in [4.78, 5) is 12.6. The average molecular weight is 229 g/mol. The summed E-state index contributed by atoms with van der Waals surface area (Å²) in [6.07, 6.45) is 4.82. The predicted octanol–water partition coefficient (Wildman–Crippen LogP) is 0.556. The van der Waals surface area contributed by atoms with E-state index >= 15 is 0 Å². The van der Waals surface area contributed by atoms with Crippen LogP contribution in [0, 0.1) is 0 Å². The molecule has 0 bridgehead atoms. The number of hydrazine groups is 1. The summed E-state index contributed by atoms with van der Waals surface area (Å²) >= 11 is 1.90. The highest BCUT2D eigenvalue weighted by atomic mass is 32.2. The molecule has 4 nitrogen and oxygen atoms in total. The molecular weight excluding hydrogens is 210 g/mol. The highest BCUT2D eigenvalue weighted by Gasteiger charge is 2.39. The Balaban J connectivity index is 0.000000115. The summed E-state index contributed by atoms with van der Waals surface area (Å²) in [5, 5.41) is 0.572. The van der Waals surface area contributed by atoms with E-state index in [1.807, 2.05) is 16.7 Å². The summed E-state index contributed by atoms with van der Waals surface area (Å²) in [6, 6.07) is 0. The standard InChI is InChI=1S/C5H12N2.C5H7NOS/c1-2-4-6-7-5-3-1;7-4-3-5-6(4)1-2-8-5/h6-7H,1-5H2;5H,1-3H2/t;5-/m.1/s1. The third kappa shape index (κ3) is 3.09. The van der Waals surface area contributed by atoms with Crippen LogP contribution in [0.15, 0.2) is 0 Å². The van der Waals surface area contributed by atoms with Gasteiger partial charge in [-0.2, -0.15) is 0 Å². The number of nitrogens with zero attached hydrogens (tertiary/aromatic N) is 1. The van der Waals surface area contributed by atoms with Gasteiger partial charge in [-0.15, -0.1) is 11.8 Å². The molecule has 0 aromatic carbocycles. The number of nitrogens with one attached hydrogen (secondary N) is 2. The van der Waals surface area contributed by atoms with Gasteiger partial charge in [0.05, 0.1) is 11.8 Å². The third-order valence-electron chi connectivity index (χ3n) is 2.89. The van der Waals surface area contributed by atoms with Crippen molar-refractivity contribution in [1.29, 1.82) is 0 Å². The molecule has 3 saturated heterocycles. The van der Waals surface area contributed by atoms with Crippen LogP contribution in [0.4, 0.5) is 0 Å². The first-order valence-electron chi connectivity index (χ1n) is 5.75. The Labute approximate surface area is 95.1 Å². The van der Waals surface area contributed by atoms with Crippen LogP contribution in [-0.2, 0) is 4.79 Å². The van der Waals surface area contributed by atoms with Gasteiger partial charge in [0, 0.05) is 25.4 Å². The van der Waals surface area contributed by atoms with Crippen LogP contribution in [0.5, 0.6) is 0 Å². The van der Waals surface area contributed by atoms with Crippen molar-refractivity contribution in [1.82, 2.24) is 15.8 Å². The zero-order valence-electron chi connectivity index (χ0n) is 9.00. The summed E-state index contributed by atoms with van der Waals surface area (Å²) < 4.78 is 0. The normalized spacial score (nSPS) is 29.7. The topological polar surface area (TPSA) is 44.4 Å². The van der Waals surface area contributed by atoms with Gasteiger partial charge in [-0.3, -0.25) is 15.6 Å². The predicted molar refractivity (Wildman–Crippen MR) is 62.4 cm³/mol. The van der Waals surface area contributed by atoms with Gasteiger partial charge in [-0.25, -0.2) is 0 Å². The van der Waals surface area contributed by atoms with E-state index in [9.17, 15) is 4.79 Å². The van der Waals surface area contributed by atoms with Gasteiger partial charge in [-0.05, 0) is 12.8 Å². The van der Waals surface area contributed by atoms with Crippen LogP contribution >= 0.6 is 11.8 Å². The molecule has 86 valence electrons. The highest BCUT2D eigenvalue weighted by molar-refractivity contribution is 8.00. The Bertz CT molecular complexity index is 205.